The van der Waals surface area contributed by atoms with Crippen LogP contribution in [-0.4, -0.2) is 61.6 Å². The number of nitrogens with zero attached hydrogens (tertiary/aromatic N) is 3. The lowest BCUT2D eigenvalue weighted by Crippen LogP contribution is -2.48. The normalized spacial score (nSPS) is 19.7. The molecule has 2 unspecified atom stereocenters. The van der Waals surface area contributed by atoms with Gasteiger partial charge in [0.05, 0.1) is 34.4 Å². The van der Waals surface area contributed by atoms with E-state index in [4.69, 9.17) is 9.47 Å². The van der Waals surface area contributed by atoms with Crippen LogP contribution < -0.4 is 4.80 Å². The number of carbonyl (C=O) groups excluding carboxylic acids is 2. The van der Waals surface area contributed by atoms with Gasteiger partial charge in [0, 0.05) is 18.7 Å². The number of fused-ring (bicyclic) bond motifs is 1. The Kier molecular flexibility index (Phi) is 7.17. The highest BCUT2D eigenvalue weighted by Gasteiger charge is 2.32. The van der Waals surface area contributed by atoms with E-state index in [2.05, 4.69) is 4.99 Å². The van der Waals surface area contributed by atoms with Crippen LogP contribution >= 0.6 is 11.3 Å². The Morgan fingerprint density at radius 1 is 1.14 bits per heavy atom. The third-order valence-electron chi connectivity index (χ3n) is 5.48. The Hall–Kier alpha value is -2.93. The van der Waals surface area contributed by atoms with Crippen LogP contribution in [0.3, 0.4) is 0 Å². The number of benzene rings is 2. The van der Waals surface area contributed by atoms with Crippen molar-refractivity contribution in [2.24, 2.45) is 4.99 Å². The summed E-state index contributed by atoms with van der Waals surface area (Å²) in [6, 6.07) is 9.57. The molecule has 4 rings (SSSR count). The molecule has 12 heteroatoms. The minimum absolute atomic E-state index is 0.0634. The van der Waals surface area contributed by atoms with Crippen molar-refractivity contribution in [3.8, 4) is 0 Å². The smallest absolute Gasteiger partial charge is 0.325 e. The molecule has 1 aliphatic rings. The molecule has 3 aromatic rings. The summed E-state index contributed by atoms with van der Waals surface area (Å²) >= 11 is 1.05. The first-order valence-electron chi connectivity index (χ1n) is 10.8. The summed E-state index contributed by atoms with van der Waals surface area (Å²) in [5.41, 5.74) is 0.699. The maximum absolute atomic E-state index is 13.7. The molecule has 1 aliphatic heterocycles. The zero-order valence-electron chi connectivity index (χ0n) is 19.3. The third kappa shape index (κ3) is 5.35. The summed E-state index contributed by atoms with van der Waals surface area (Å²) in [7, 11) is -2.51. The maximum atomic E-state index is 13.7. The number of aromatic nitrogens is 1. The fourth-order valence-corrected chi connectivity index (χ4v) is 6.52. The lowest BCUT2D eigenvalue weighted by atomic mass is 10.2. The van der Waals surface area contributed by atoms with Crippen molar-refractivity contribution in [3.05, 3.63) is 58.6 Å². The molecule has 1 fully saturated rings. The Bertz CT molecular complexity index is 1440. The van der Waals surface area contributed by atoms with Crippen LogP contribution in [0.4, 0.5) is 4.39 Å². The number of hydrogen-bond donors (Lipinski definition) is 0. The van der Waals surface area contributed by atoms with Crippen LogP contribution in [0, 0.1) is 5.82 Å². The fraction of sp³-hybridized carbons (Fsp3) is 0.348. The van der Waals surface area contributed by atoms with Gasteiger partial charge in [0.15, 0.2) is 4.80 Å². The lowest BCUT2D eigenvalue weighted by Gasteiger charge is -2.34. The first kappa shape index (κ1) is 25.2. The molecular weight excluding hydrogens is 497 g/mol. The molecule has 35 heavy (non-hydrogen) atoms. The SMILES string of the molecule is COC(=O)Cn1c(=NC(=O)c2ccc(S(=O)(=O)N3CC(C)OC(C)C3)cc2)sc2cc(F)ccc21. The highest BCUT2D eigenvalue weighted by atomic mass is 32.2. The molecule has 0 spiro atoms. The molecule has 0 N–H and O–H groups in total. The van der Waals surface area contributed by atoms with Gasteiger partial charge in [-0.15, -0.1) is 0 Å². The van der Waals surface area contributed by atoms with Gasteiger partial charge in [0.2, 0.25) is 10.0 Å². The molecule has 1 saturated heterocycles. The first-order valence-corrected chi connectivity index (χ1v) is 13.0. The molecule has 9 nitrogen and oxygen atoms in total. The van der Waals surface area contributed by atoms with Crippen molar-refractivity contribution in [2.75, 3.05) is 20.2 Å². The van der Waals surface area contributed by atoms with Crippen LogP contribution in [0.2, 0.25) is 0 Å². The predicted molar refractivity (Wildman–Crippen MR) is 127 cm³/mol. The summed E-state index contributed by atoms with van der Waals surface area (Å²) in [5, 5.41) is 0. The van der Waals surface area contributed by atoms with Gasteiger partial charge in [-0.1, -0.05) is 11.3 Å². The Morgan fingerprint density at radius 2 is 1.80 bits per heavy atom. The van der Waals surface area contributed by atoms with Crippen molar-refractivity contribution in [1.82, 2.24) is 8.87 Å². The quantitative estimate of drug-likeness (QED) is 0.478. The number of carbonyl (C=O) groups is 2. The summed E-state index contributed by atoms with van der Waals surface area (Å²) in [6.45, 7) is 3.92. The van der Waals surface area contributed by atoms with E-state index in [9.17, 15) is 22.4 Å². The molecule has 0 aliphatic carbocycles. The van der Waals surface area contributed by atoms with Gasteiger partial charge in [-0.25, -0.2) is 12.8 Å². The van der Waals surface area contributed by atoms with E-state index >= 15 is 0 Å². The number of ether oxygens (including phenoxy) is 2. The van der Waals surface area contributed by atoms with Crippen molar-refractivity contribution < 1.29 is 31.9 Å². The summed E-state index contributed by atoms with van der Waals surface area (Å²) < 4.78 is 53.5. The monoisotopic (exact) mass is 521 g/mol. The maximum Gasteiger partial charge on any atom is 0.325 e. The molecule has 2 aromatic carbocycles. The zero-order chi connectivity index (χ0) is 25.3. The Labute approximate surface area is 205 Å². The second-order valence-corrected chi connectivity index (χ2v) is 11.1. The van der Waals surface area contributed by atoms with Gasteiger partial charge in [0.1, 0.15) is 12.4 Å². The molecule has 0 bridgehead atoms. The van der Waals surface area contributed by atoms with E-state index in [0.29, 0.717) is 10.2 Å². The number of rotatable bonds is 5. The fourth-order valence-electron chi connectivity index (χ4n) is 3.88. The van der Waals surface area contributed by atoms with E-state index in [1.807, 2.05) is 13.8 Å². The zero-order valence-corrected chi connectivity index (χ0v) is 20.9. The molecule has 186 valence electrons. The molecule has 1 aromatic heterocycles. The summed E-state index contributed by atoms with van der Waals surface area (Å²) in [4.78, 5) is 29.1. The van der Waals surface area contributed by atoms with Gasteiger partial charge in [-0.2, -0.15) is 9.30 Å². The van der Waals surface area contributed by atoms with Crippen molar-refractivity contribution in [2.45, 2.75) is 37.5 Å². The second kappa shape index (κ2) is 9.97. The van der Waals surface area contributed by atoms with Gasteiger partial charge in [-0.3, -0.25) is 9.59 Å². The number of morpholine rings is 1. The van der Waals surface area contributed by atoms with E-state index in [1.165, 1.54) is 58.4 Å². The van der Waals surface area contributed by atoms with Crippen LogP contribution in [0.25, 0.3) is 10.2 Å². The number of amides is 1. The van der Waals surface area contributed by atoms with E-state index < -0.39 is 27.7 Å². The highest BCUT2D eigenvalue weighted by Crippen LogP contribution is 2.22. The van der Waals surface area contributed by atoms with Crippen molar-refractivity contribution >= 4 is 43.5 Å². The Morgan fingerprint density at radius 3 is 2.43 bits per heavy atom. The molecule has 0 saturated carbocycles. The van der Waals surface area contributed by atoms with Crippen LogP contribution in [-0.2, 0) is 30.8 Å². The number of halogens is 1. The predicted octanol–water partition coefficient (Wildman–Crippen LogP) is 2.55. The molecule has 2 heterocycles. The van der Waals surface area contributed by atoms with Crippen LogP contribution in [0.1, 0.15) is 24.2 Å². The molecule has 2 atom stereocenters. The van der Waals surface area contributed by atoms with Gasteiger partial charge >= 0.3 is 5.97 Å². The topological polar surface area (TPSA) is 107 Å². The lowest BCUT2D eigenvalue weighted by molar-refractivity contribution is -0.141. The third-order valence-corrected chi connectivity index (χ3v) is 8.37. The minimum atomic E-state index is -3.75. The average Bonchev–Trinajstić information content (AvgIpc) is 3.13. The Balaban J connectivity index is 1.65. The molecule has 0 radical (unpaired) electrons. The van der Waals surface area contributed by atoms with Gasteiger partial charge in [-0.05, 0) is 56.3 Å². The highest BCUT2D eigenvalue weighted by molar-refractivity contribution is 7.89. The number of sulfonamides is 1. The first-order chi connectivity index (χ1) is 16.6. The van der Waals surface area contributed by atoms with Crippen LogP contribution in [0.5, 0.6) is 0 Å². The minimum Gasteiger partial charge on any atom is -0.468 e. The largest absolute Gasteiger partial charge is 0.468 e. The van der Waals surface area contributed by atoms with E-state index in [1.54, 1.807) is 0 Å². The van der Waals surface area contributed by atoms with Crippen molar-refractivity contribution in [3.63, 3.8) is 0 Å². The number of hydrogen-bond acceptors (Lipinski definition) is 7. The summed E-state index contributed by atoms with van der Waals surface area (Å²) in [5.74, 6) is -1.64. The van der Waals surface area contributed by atoms with Crippen LogP contribution in [0.15, 0.2) is 52.4 Å². The number of esters is 1. The molecule has 1 amide bonds. The van der Waals surface area contributed by atoms with Gasteiger partial charge in [0.25, 0.3) is 5.91 Å². The standard InChI is InChI=1S/C23H24FN3O6S2/c1-14-11-26(12-15(2)33-14)35(30,31)18-7-4-16(5-8-18)22(29)25-23-27(13-21(28)32-3)19-9-6-17(24)10-20(19)34-23/h4-10,14-15H,11-13H2,1-3H3. The van der Waals surface area contributed by atoms with E-state index in [0.717, 1.165) is 11.3 Å². The van der Waals surface area contributed by atoms with E-state index in [-0.39, 0.29) is 47.1 Å². The molecular formula is C23H24FN3O6S2. The number of thiazole rings is 1. The summed E-state index contributed by atoms with van der Waals surface area (Å²) in [6.07, 6.45) is -0.445. The van der Waals surface area contributed by atoms with Crippen molar-refractivity contribution in [1.29, 1.82) is 0 Å². The van der Waals surface area contributed by atoms with Gasteiger partial charge < -0.3 is 14.0 Å². The second-order valence-electron chi connectivity index (χ2n) is 8.18. The number of methoxy groups -OCH3 is 1. The average molecular weight is 522 g/mol.